The summed E-state index contributed by atoms with van der Waals surface area (Å²) >= 11 is 1.45. The van der Waals surface area contributed by atoms with E-state index in [9.17, 15) is 27.6 Å². The van der Waals surface area contributed by atoms with Crippen LogP contribution in [0.3, 0.4) is 0 Å². The van der Waals surface area contributed by atoms with Gasteiger partial charge in [0.15, 0.2) is 5.13 Å². The minimum Gasteiger partial charge on any atom is -0.497 e. The molecule has 3 N–H and O–H groups in total. The molecule has 5 atom stereocenters. The minimum atomic E-state index is -3.92. The number of carbonyl (C=O) groups is 4. The number of nitrogens with one attached hydrogen (secondary N) is 3. The number of methoxy groups -OCH3 is 1. The molecule has 4 amide bonds. The topological polar surface area (TPSA) is 198 Å². The van der Waals surface area contributed by atoms with Crippen molar-refractivity contribution in [2.45, 2.75) is 95.7 Å². The fourth-order valence-corrected chi connectivity index (χ4v) is 10.1. The molecule has 0 radical (unpaired) electrons. The van der Waals surface area contributed by atoms with Gasteiger partial charge in [0.1, 0.15) is 34.9 Å². The van der Waals surface area contributed by atoms with E-state index in [0.29, 0.717) is 72.9 Å². The van der Waals surface area contributed by atoms with Gasteiger partial charge >= 0.3 is 0 Å². The number of ether oxygens (including phenoxy) is 3. The molecule has 2 aromatic heterocycles. The van der Waals surface area contributed by atoms with E-state index in [1.807, 2.05) is 46.1 Å². The van der Waals surface area contributed by atoms with Crippen LogP contribution in [0.4, 0.5) is 5.13 Å². The number of likely N-dealkylation sites (tertiary alicyclic amines) is 1. The maximum Gasteiger partial charge on any atom is 0.259 e. The number of amides is 4. The van der Waals surface area contributed by atoms with Crippen molar-refractivity contribution in [3.05, 3.63) is 42.3 Å². The Balaban J connectivity index is 1.21. The number of rotatable bonds is 15. The van der Waals surface area contributed by atoms with Crippen molar-refractivity contribution in [3.8, 4) is 22.9 Å². The minimum absolute atomic E-state index is 0.0101. The van der Waals surface area contributed by atoms with E-state index in [1.54, 1.807) is 30.2 Å². The third-order valence-electron chi connectivity index (χ3n) is 11.6. The number of pyridine rings is 1. The molecular weight excluding hydrogens is 811 g/mol. The fraction of sp³-hybridized carbons (Fsp3) is 0.571. The molecule has 0 spiro atoms. The molecule has 4 heterocycles. The third-order valence-corrected chi connectivity index (χ3v) is 14.2. The first-order chi connectivity index (χ1) is 28.4. The molecule has 2 aliphatic carbocycles. The highest BCUT2D eigenvalue weighted by Crippen LogP contribution is 2.46. The lowest BCUT2D eigenvalue weighted by atomic mass is 9.77. The first-order valence-corrected chi connectivity index (χ1v) is 22.9. The molecule has 2 saturated carbocycles. The third kappa shape index (κ3) is 9.24. The van der Waals surface area contributed by atoms with Gasteiger partial charge in [-0.1, -0.05) is 26.8 Å². The van der Waals surface area contributed by atoms with Crippen molar-refractivity contribution in [2.75, 3.05) is 45.3 Å². The van der Waals surface area contributed by atoms with Crippen LogP contribution in [0.2, 0.25) is 0 Å². The summed E-state index contributed by atoms with van der Waals surface area (Å²) in [4.78, 5) is 69.6. The van der Waals surface area contributed by atoms with Crippen molar-refractivity contribution >= 4 is 61.0 Å². The average Bonchev–Trinajstić information content (AvgIpc) is 4.10. The summed E-state index contributed by atoms with van der Waals surface area (Å²) in [5.41, 5.74) is -0.484. The number of thiazole rings is 1. The van der Waals surface area contributed by atoms with E-state index >= 15 is 0 Å². The maximum atomic E-state index is 14.9. The van der Waals surface area contributed by atoms with Crippen molar-refractivity contribution < 1.29 is 41.8 Å². The van der Waals surface area contributed by atoms with Crippen molar-refractivity contribution in [1.82, 2.24) is 29.8 Å². The Bertz CT molecular complexity index is 2270. The SMILES string of the molecule is C=C[C@@H]1C[C@]1(NC(=O)[C@@H]1C[C@@H](Oc2cc(-c3csc(NC(C)C)n3)nc3cc(OC)ccc23)CN1C(=O)[C@@H](CC(=O)N1CCOCC1)C(C)(C)C)C(=O)NS(=O)(=O)C1CC1. The number of hydrogen-bond acceptors (Lipinski definition) is 13. The summed E-state index contributed by atoms with van der Waals surface area (Å²) in [6, 6.07) is 6.27. The Hall–Kier alpha value is -4.81. The zero-order chi connectivity index (χ0) is 43.1. The summed E-state index contributed by atoms with van der Waals surface area (Å²) in [6.07, 6.45) is 1.82. The first-order valence-electron chi connectivity index (χ1n) is 20.5. The lowest BCUT2D eigenvalue weighted by molar-refractivity contribution is -0.149. The Morgan fingerprint density at radius 3 is 2.47 bits per heavy atom. The van der Waals surface area contributed by atoms with Crippen LogP contribution in [-0.4, -0.2) is 121 Å². The van der Waals surface area contributed by atoms with Crippen molar-refractivity contribution in [2.24, 2.45) is 17.3 Å². The highest BCUT2D eigenvalue weighted by molar-refractivity contribution is 7.91. The number of fused-ring (bicyclic) bond motifs is 1. The molecule has 16 nitrogen and oxygen atoms in total. The molecule has 4 fully saturated rings. The summed E-state index contributed by atoms with van der Waals surface area (Å²) < 4.78 is 45.6. The van der Waals surface area contributed by atoms with E-state index < -0.39 is 67.9 Å². The summed E-state index contributed by atoms with van der Waals surface area (Å²) in [5, 5.41) is 8.84. The maximum absolute atomic E-state index is 14.9. The molecule has 0 bridgehead atoms. The van der Waals surface area contributed by atoms with Crippen LogP contribution in [0.5, 0.6) is 11.5 Å². The van der Waals surface area contributed by atoms with Crippen LogP contribution in [0.15, 0.2) is 42.3 Å². The second-order valence-electron chi connectivity index (χ2n) is 17.5. The van der Waals surface area contributed by atoms with Crippen molar-refractivity contribution in [3.63, 3.8) is 0 Å². The fourth-order valence-electron chi connectivity index (χ4n) is 7.89. The lowest BCUT2D eigenvalue weighted by Gasteiger charge is -2.36. The molecule has 60 heavy (non-hydrogen) atoms. The zero-order valence-corrected chi connectivity index (χ0v) is 36.6. The van der Waals surface area contributed by atoms with Crippen LogP contribution in [0.1, 0.15) is 66.7 Å². The van der Waals surface area contributed by atoms with Crippen LogP contribution < -0.4 is 24.8 Å². The molecular formula is C42H55N7O9S2. The number of hydrogen-bond donors (Lipinski definition) is 3. The van der Waals surface area contributed by atoms with Gasteiger partial charge in [-0.05, 0) is 50.7 Å². The smallest absolute Gasteiger partial charge is 0.259 e. The Morgan fingerprint density at radius 2 is 1.83 bits per heavy atom. The lowest BCUT2D eigenvalue weighted by Crippen LogP contribution is -2.57. The Labute approximate surface area is 354 Å². The number of nitrogens with zero attached hydrogens (tertiary/aromatic N) is 4. The summed E-state index contributed by atoms with van der Waals surface area (Å²) in [5.74, 6) is -2.35. The molecule has 3 aromatic rings. The van der Waals surface area contributed by atoms with Crippen LogP contribution in [-0.2, 0) is 33.9 Å². The number of sulfonamides is 1. The number of carbonyl (C=O) groups excluding carboxylic acids is 4. The summed E-state index contributed by atoms with van der Waals surface area (Å²) in [7, 11) is -2.35. The molecule has 1 aromatic carbocycles. The van der Waals surface area contributed by atoms with Gasteiger partial charge in [0, 0.05) is 60.8 Å². The van der Waals surface area contributed by atoms with Gasteiger partial charge in [0.25, 0.3) is 5.91 Å². The van der Waals surface area contributed by atoms with Gasteiger partial charge in [0.05, 0.1) is 49.2 Å². The molecule has 7 rings (SSSR count). The first kappa shape index (κ1) is 43.3. The van der Waals surface area contributed by atoms with Gasteiger partial charge in [-0.25, -0.2) is 18.4 Å². The Kier molecular flexibility index (Phi) is 12.2. The monoisotopic (exact) mass is 865 g/mol. The van der Waals surface area contributed by atoms with Gasteiger partial charge < -0.3 is 34.6 Å². The highest BCUT2D eigenvalue weighted by atomic mass is 32.2. The van der Waals surface area contributed by atoms with Crippen molar-refractivity contribution in [1.29, 1.82) is 0 Å². The predicted molar refractivity (Wildman–Crippen MR) is 227 cm³/mol. The van der Waals surface area contributed by atoms with Crippen LogP contribution in [0.25, 0.3) is 22.3 Å². The zero-order valence-electron chi connectivity index (χ0n) is 35.0. The van der Waals surface area contributed by atoms with Crippen LogP contribution >= 0.6 is 11.3 Å². The molecule has 4 aliphatic rings. The number of morpholine rings is 1. The van der Waals surface area contributed by atoms with Gasteiger partial charge in [-0.3, -0.25) is 23.9 Å². The van der Waals surface area contributed by atoms with E-state index in [0.717, 1.165) is 5.13 Å². The predicted octanol–water partition coefficient (Wildman–Crippen LogP) is 4.12. The van der Waals surface area contributed by atoms with Gasteiger partial charge in [-0.15, -0.1) is 17.9 Å². The number of anilines is 1. The highest BCUT2D eigenvalue weighted by Gasteiger charge is 2.62. The second kappa shape index (κ2) is 16.9. The molecule has 324 valence electrons. The largest absolute Gasteiger partial charge is 0.497 e. The molecule has 18 heteroatoms. The average molecular weight is 866 g/mol. The molecule has 2 aliphatic heterocycles. The Morgan fingerprint density at radius 1 is 1.10 bits per heavy atom. The van der Waals surface area contributed by atoms with E-state index in [4.69, 9.17) is 24.2 Å². The van der Waals surface area contributed by atoms with Crippen LogP contribution in [0, 0.1) is 17.3 Å². The molecule has 0 unspecified atom stereocenters. The quantitative estimate of drug-likeness (QED) is 0.185. The van der Waals surface area contributed by atoms with Gasteiger partial charge in [0.2, 0.25) is 27.7 Å². The summed E-state index contributed by atoms with van der Waals surface area (Å²) in [6.45, 7) is 15.2. The molecule has 2 saturated heterocycles. The second-order valence-corrected chi connectivity index (χ2v) is 20.3. The van der Waals surface area contributed by atoms with E-state index in [2.05, 4.69) is 21.9 Å². The number of benzene rings is 1. The van der Waals surface area contributed by atoms with Gasteiger partial charge in [-0.2, -0.15) is 0 Å². The standard InChI is InChI=1S/C42H55N7O9S2/c1-8-25-21-42(25,39(53)47-60(54,55)28-10-11-28)46-37(51)34-18-27(22-49(34)38(52)30(41(4,5)6)19-36(50)48-13-15-57-16-14-48)58-35-20-32(33-23-59-40(45-33)43-24(2)3)44-31-17-26(56-7)9-12-29(31)35/h8-9,12,17,20,23-25,27-28,30,34H,1,10-11,13-16,18-19,21-22H2,2-7H3,(H,43,45)(H,46,51)(H,47,53)/t25-,27-,30-,34+,42-/m1/s1. The van der Waals surface area contributed by atoms with E-state index in [-0.39, 0.29) is 37.8 Å². The number of aromatic nitrogens is 2. The van der Waals surface area contributed by atoms with E-state index in [1.165, 1.54) is 22.3 Å². The normalized spacial score (nSPS) is 23.6.